The lowest BCUT2D eigenvalue weighted by Gasteiger charge is -2.17. The van der Waals surface area contributed by atoms with Crippen LogP contribution in [0.25, 0.3) is 11.3 Å². The smallest absolute Gasteiger partial charge is 0.410 e. The second-order valence-electron chi connectivity index (χ2n) is 7.82. The van der Waals surface area contributed by atoms with Crippen LogP contribution in [0, 0.1) is 17.1 Å². The quantitative estimate of drug-likeness (QED) is 0.521. The van der Waals surface area contributed by atoms with E-state index in [-0.39, 0.29) is 29.2 Å². The maximum Gasteiger partial charge on any atom is 0.410 e. The Morgan fingerprint density at radius 2 is 2.09 bits per heavy atom. The molecular weight excluding hydrogens is 470 g/mol. The molecule has 0 saturated heterocycles. The van der Waals surface area contributed by atoms with Gasteiger partial charge >= 0.3 is 6.18 Å². The first kappa shape index (κ1) is 23.9. The fourth-order valence-corrected chi connectivity index (χ4v) is 3.76. The third-order valence-electron chi connectivity index (χ3n) is 5.68. The number of rotatable bonds is 5. The number of nitrogen functional groups attached to an aromatic ring is 1. The summed E-state index contributed by atoms with van der Waals surface area (Å²) in [5.74, 6) is -1.03. The van der Waals surface area contributed by atoms with Crippen LogP contribution >= 0.6 is 0 Å². The molecular formula is C23H19F4N5O3. The number of benzene rings is 2. The van der Waals surface area contributed by atoms with E-state index in [2.05, 4.69) is 10.4 Å². The van der Waals surface area contributed by atoms with Gasteiger partial charge in [0.1, 0.15) is 53.1 Å². The zero-order valence-electron chi connectivity index (χ0n) is 18.5. The van der Waals surface area contributed by atoms with E-state index >= 15 is 0 Å². The number of nitrogens with two attached hydrogens (primary N) is 1. The lowest BCUT2D eigenvalue weighted by molar-refractivity contribution is -0.164. The average Bonchev–Trinajstić information content (AvgIpc) is 3.37. The van der Waals surface area contributed by atoms with Gasteiger partial charge in [-0.25, -0.2) is 9.07 Å². The minimum absolute atomic E-state index is 0.0102. The normalized spacial score (nSPS) is 15.6. The number of halogens is 4. The maximum absolute atomic E-state index is 13.6. The van der Waals surface area contributed by atoms with Crippen molar-refractivity contribution in [3.8, 4) is 28.8 Å². The number of fused-ring (bicyclic) bond motifs is 1. The highest BCUT2D eigenvalue weighted by molar-refractivity contribution is 5.97. The molecule has 4 rings (SSSR count). The topological polar surface area (TPSA) is 115 Å². The van der Waals surface area contributed by atoms with Crippen LogP contribution in [-0.2, 0) is 0 Å². The Labute approximate surface area is 196 Å². The number of ether oxygens (including phenoxy) is 2. The highest BCUT2D eigenvalue weighted by atomic mass is 19.4. The zero-order chi connectivity index (χ0) is 25.5. The molecule has 1 aliphatic heterocycles. The molecule has 2 heterocycles. The summed E-state index contributed by atoms with van der Waals surface area (Å²) in [4.78, 5) is 12.7. The minimum Gasteiger partial charge on any atom is -0.496 e. The van der Waals surface area contributed by atoms with Gasteiger partial charge in [-0.1, -0.05) is 12.1 Å². The molecule has 0 saturated carbocycles. The lowest BCUT2D eigenvalue weighted by Crippen LogP contribution is -2.29. The van der Waals surface area contributed by atoms with Gasteiger partial charge in [0.15, 0.2) is 0 Å². The molecule has 1 aliphatic rings. The van der Waals surface area contributed by atoms with Crippen LogP contribution in [0.1, 0.15) is 40.5 Å². The summed E-state index contributed by atoms with van der Waals surface area (Å²) < 4.78 is 64.6. The van der Waals surface area contributed by atoms with Crippen LogP contribution in [0.5, 0.6) is 11.5 Å². The number of methoxy groups -OCH3 is 1. The van der Waals surface area contributed by atoms with Crippen molar-refractivity contribution in [2.75, 3.05) is 19.5 Å². The second kappa shape index (κ2) is 8.83. The van der Waals surface area contributed by atoms with Gasteiger partial charge in [-0.3, -0.25) is 4.79 Å². The fraction of sp³-hybridized carbons (Fsp3) is 0.261. The number of carbonyl (C=O) groups is 1. The zero-order valence-corrected chi connectivity index (χ0v) is 18.5. The number of hydrogen-bond donors (Lipinski definition) is 2. The van der Waals surface area contributed by atoms with Crippen molar-refractivity contribution >= 4 is 11.7 Å². The van der Waals surface area contributed by atoms with Crippen LogP contribution in [0.15, 0.2) is 36.4 Å². The first-order valence-electron chi connectivity index (χ1n) is 10.3. The summed E-state index contributed by atoms with van der Waals surface area (Å²) in [6.45, 7) is 0.954. The Kier molecular flexibility index (Phi) is 6.02. The molecule has 2 unspecified atom stereocenters. The number of nitriles is 1. The third-order valence-corrected chi connectivity index (χ3v) is 5.68. The maximum atomic E-state index is 13.6. The second-order valence-corrected chi connectivity index (χ2v) is 7.82. The van der Waals surface area contributed by atoms with Crippen molar-refractivity contribution in [2.45, 2.75) is 25.2 Å². The Morgan fingerprint density at radius 3 is 2.74 bits per heavy atom. The highest BCUT2D eigenvalue weighted by Crippen LogP contribution is 2.39. The molecule has 2 aromatic carbocycles. The van der Waals surface area contributed by atoms with E-state index in [4.69, 9.17) is 15.2 Å². The van der Waals surface area contributed by atoms with Gasteiger partial charge in [0, 0.05) is 11.1 Å². The molecule has 8 nitrogen and oxygen atoms in total. The van der Waals surface area contributed by atoms with Gasteiger partial charge in [0.05, 0.1) is 18.7 Å². The standard InChI is InChI=1S/C23H19F4N5O3/c1-11(23(25,26)27)32-21(29)16(9-28)20(31-32)12-3-5-14-17(10-35-19(14)7-12)30-22(33)15-8-13(24)4-6-18(15)34-2/h3-8,11,17H,10,29H2,1-2H3,(H,30,33). The summed E-state index contributed by atoms with van der Waals surface area (Å²) in [5, 5.41) is 16.2. The predicted molar refractivity (Wildman–Crippen MR) is 116 cm³/mol. The van der Waals surface area contributed by atoms with Crippen molar-refractivity contribution in [1.29, 1.82) is 5.26 Å². The molecule has 182 valence electrons. The van der Waals surface area contributed by atoms with Gasteiger partial charge < -0.3 is 20.5 Å². The number of aromatic nitrogens is 2. The van der Waals surface area contributed by atoms with Crippen molar-refractivity contribution in [2.24, 2.45) is 0 Å². The SMILES string of the molecule is COc1ccc(F)cc1C(=O)NC1COc2cc(-c3nn(C(C)C(F)(F)F)c(N)c3C#N)ccc21. The molecule has 12 heteroatoms. The van der Waals surface area contributed by atoms with E-state index < -0.39 is 35.8 Å². The Balaban J connectivity index is 1.63. The molecule has 0 fully saturated rings. The van der Waals surface area contributed by atoms with Gasteiger partial charge in [0.2, 0.25) is 0 Å². The van der Waals surface area contributed by atoms with Crippen LogP contribution in [0.2, 0.25) is 0 Å². The van der Waals surface area contributed by atoms with Gasteiger partial charge in [-0.2, -0.15) is 23.5 Å². The number of nitrogens with zero attached hydrogens (tertiary/aromatic N) is 3. The summed E-state index contributed by atoms with van der Waals surface area (Å²) in [6, 6.07) is 7.42. The molecule has 0 aliphatic carbocycles. The highest BCUT2D eigenvalue weighted by Gasteiger charge is 2.40. The summed E-state index contributed by atoms with van der Waals surface area (Å²) in [5.41, 5.74) is 6.49. The van der Waals surface area contributed by atoms with Crippen LogP contribution in [0.3, 0.4) is 0 Å². The van der Waals surface area contributed by atoms with Gasteiger partial charge in [-0.15, -0.1) is 0 Å². The predicted octanol–water partition coefficient (Wildman–Crippen LogP) is 4.14. The van der Waals surface area contributed by atoms with E-state index in [1.807, 2.05) is 6.07 Å². The van der Waals surface area contributed by atoms with Gasteiger partial charge in [0.25, 0.3) is 5.91 Å². The van der Waals surface area contributed by atoms with Crippen molar-refractivity contribution in [1.82, 2.24) is 15.1 Å². The first-order valence-corrected chi connectivity index (χ1v) is 10.3. The van der Waals surface area contributed by atoms with E-state index in [0.717, 1.165) is 13.0 Å². The van der Waals surface area contributed by atoms with E-state index in [0.29, 0.717) is 21.6 Å². The number of alkyl halides is 3. The first-order chi connectivity index (χ1) is 16.5. The molecule has 1 aromatic heterocycles. The van der Waals surface area contributed by atoms with Crippen LogP contribution < -0.4 is 20.5 Å². The van der Waals surface area contributed by atoms with E-state index in [1.54, 1.807) is 12.1 Å². The Hall–Kier alpha value is -4.27. The molecule has 0 spiro atoms. The van der Waals surface area contributed by atoms with E-state index in [1.165, 1.54) is 25.3 Å². The number of amides is 1. The Bertz CT molecular complexity index is 1350. The van der Waals surface area contributed by atoms with E-state index in [9.17, 15) is 27.6 Å². The molecule has 0 bridgehead atoms. The lowest BCUT2D eigenvalue weighted by atomic mass is 10.0. The van der Waals surface area contributed by atoms with Crippen molar-refractivity contribution < 1.29 is 31.8 Å². The molecule has 0 radical (unpaired) electrons. The largest absolute Gasteiger partial charge is 0.496 e. The van der Waals surface area contributed by atoms with Crippen LogP contribution in [-0.4, -0.2) is 35.6 Å². The number of anilines is 1. The molecule has 1 amide bonds. The van der Waals surface area contributed by atoms with Crippen molar-refractivity contribution in [3.05, 3.63) is 58.9 Å². The molecule has 35 heavy (non-hydrogen) atoms. The number of nitrogens with one attached hydrogen (secondary N) is 1. The Morgan fingerprint density at radius 1 is 1.34 bits per heavy atom. The summed E-state index contributed by atoms with van der Waals surface area (Å²) in [7, 11) is 1.36. The third kappa shape index (κ3) is 4.32. The minimum atomic E-state index is -4.61. The number of carbonyl (C=O) groups excluding carboxylic acids is 1. The monoisotopic (exact) mass is 489 g/mol. The molecule has 3 N–H and O–H groups in total. The van der Waals surface area contributed by atoms with Crippen LogP contribution in [0.4, 0.5) is 23.4 Å². The van der Waals surface area contributed by atoms with Gasteiger partial charge in [-0.05, 0) is 31.2 Å². The average molecular weight is 489 g/mol. The summed E-state index contributed by atoms with van der Waals surface area (Å²) >= 11 is 0. The fourth-order valence-electron chi connectivity index (χ4n) is 3.76. The summed E-state index contributed by atoms with van der Waals surface area (Å²) in [6.07, 6.45) is -4.61. The molecule has 3 aromatic rings. The molecule has 2 atom stereocenters. The number of hydrogen-bond acceptors (Lipinski definition) is 6. The van der Waals surface area contributed by atoms with Crippen molar-refractivity contribution in [3.63, 3.8) is 0 Å².